The molecule has 4 heteroatoms. The van der Waals surface area contributed by atoms with E-state index in [4.69, 9.17) is 9.47 Å². The largest absolute Gasteiger partial charge is 0.497 e. The Kier molecular flexibility index (Phi) is 6.09. The first-order chi connectivity index (χ1) is 8.62. The van der Waals surface area contributed by atoms with E-state index in [1.54, 1.807) is 19.2 Å². The number of hydrogen-bond acceptors (Lipinski definition) is 3. The molecule has 1 aromatic carbocycles. The van der Waals surface area contributed by atoms with Gasteiger partial charge in [-0.15, -0.1) is 0 Å². The quantitative estimate of drug-likeness (QED) is 0.812. The molecule has 0 saturated carbocycles. The Balaban J connectivity index is 2.74. The van der Waals surface area contributed by atoms with E-state index >= 15 is 0 Å². The second-order valence-corrected chi connectivity index (χ2v) is 4.34. The molecule has 1 N–H and O–H groups in total. The van der Waals surface area contributed by atoms with Crippen molar-refractivity contribution >= 4 is 0 Å². The molecule has 0 spiro atoms. The van der Waals surface area contributed by atoms with Crippen LogP contribution in [-0.4, -0.2) is 26.9 Å². The molecular formula is C14H22FNO2. The summed E-state index contributed by atoms with van der Waals surface area (Å²) in [5.74, 6) is 0.286. The summed E-state index contributed by atoms with van der Waals surface area (Å²) in [6.45, 7) is 4.65. The van der Waals surface area contributed by atoms with Crippen LogP contribution in [0.5, 0.6) is 5.75 Å². The van der Waals surface area contributed by atoms with Gasteiger partial charge in [0.25, 0.3) is 0 Å². The minimum Gasteiger partial charge on any atom is -0.497 e. The first-order valence-corrected chi connectivity index (χ1v) is 6.20. The molecule has 1 rings (SSSR count). The highest BCUT2D eigenvalue weighted by Crippen LogP contribution is 2.22. The smallest absolute Gasteiger partial charge is 0.131 e. The summed E-state index contributed by atoms with van der Waals surface area (Å²) >= 11 is 0. The summed E-state index contributed by atoms with van der Waals surface area (Å²) in [7, 11) is 3.20. The third-order valence-electron chi connectivity index (χ3n) is 3.02. The number of nitrogens with one attached hydrogen (secondary N) is 1. The third-order valence-corrected chi connectivity index (χ3v) is 3.02. The van der Waals surface area contributed by atoms with E-state index < -0.39 is 0 Å². The fraction of sp³-hybridized carbons (Fsp3) is 0.571. The van der Waals surface area contributed by atoms with Crippen molar-refractivity contribution < 1.29 is 13.9 Å². The summed E-state index contributed by atoms with van der Waals surface area (Å²) in [4.78, 5) is 0. The number of methoxy groups -OCH3 is 2. The van der Waals surface area contributed by atoms with E-state index in [1.807, 2.05) is 6.92 Å². The number of halogens is 1. The Bertz CT molecular complexity index is 371. The maximum atomic E-state index is 13.9. The van der Waals surface area contributed by atoms with Crippen molar-refractivity contribution in [2.75, 3.05) is 20.8 Å². The minimum absolute atomic E-state index is 0.0593. The Morgan fingerprint density at radius 1 is 1.33 bits per heavy atom. The van der Waals surface area contributed by atoms with Crippen LogP contribution in [0.2, 0.25) is 0 Å². The van der Waals surface area contributed by atoms with Crippen molar-refractivity contribution in [3.05, 3.63) is 29.6 Å². The molecule has 2 atom stereocenters. The summed E-state index contributed by atoms with van der Waals surface area (Å²) < 4.78 is 24.0. The van der Waals surface area contributed by atoms with E-state index in [0.29, 0.717) is 17.9 Å². The molecule has 0 aliphatic heterocycles. The number of hydrogen-bond donors (Lipinski definition) is 1. The number of benzene rings is 1. The van der Waals surface area contributed by atoms with Crippen molar-refractivity contribution in [2.45, 2.75) is 32.4 Å². The van der Waals surface area contributed by atoms with Gasteiger partial charge in [0.2, 0.25) is 0 Å². The fourth-order valence-electron chi connectivity index (χ4n) is 1.91. The summed E-state index contributed by atoms with van der Waals surface area (Å²) in [6.07, 6.45) is 0.940. The van der Waals surface area contributed by atoms with Crippen LogP contribution in [0.4, 0.5) is 4.39 Å². The summed E-state index contributed by atoms with van der Waals surface area (Å²) in [5.41, 5.74) is 0.644. The molecule has 102 valence electrons. The van der Waals surface area contributed by atoms with Crippen LogP contribution in [-0.2, 0) is 4.74 Å². The molecule has 0 amide bonds. The second-order valence-electron chi connectivity index (χ2n) is 4.34. The lowest BCUT2D eigenvalue weighted by atomic mass is 10.1. The van der Waals surface area contributed by atoms with E-state index in [0.717, 1.165) is 6.42 Å². The fourth-order valence-corrected chi connectivity index (χ4v) is 1.91. The number of rotatable bonds is 7. The molecule has 3 nitrogen and oxygen atoms in total. The molecule has 0 aromatic heterocycles. The maximum Gasteiger partial charge on any atom is 0.131 e. The van der Waals surface area contributed by atoms with Crippen molar-refractivity contribution in [1.82, 2.24) is 5.32 Å². The third kappa shape index (κ3) is 3.96. The lowest BCUT2D eigenvalue weighted by molar-refractivity contribution is 0.159. The van der Waals surface area contributed by atoms with E-state index in [-0.39, 0.29) is 17.9 Å². The van der Waals surface area contributed by atoms with Crippen LogP contribution in [0.3, 0.4) is 0 Å². The first kappa shape index (κ1) is 14.9. The lowest BCUT2D eigenvalue weighted by Gasteiger charge is -2.22. The highest BCUT2D eigenvalue weighted by Gasteiger charge is 2.15. The van der Waals surface area contributed by atoms with Gasteiger partial charge >= 0.3 is 0 Å². The topological polar surface area (TPSA) is 30.5 Å². The average Bonchev–Trinajstić information content (AvgIpc) is 2.37. The molecule has 0 aliphatic rings. The van der Waals surface area contributed by atoms with Gasteiger partial charge in [0.15, 0.2) is 0 Å². The molecular weight excluding hydrogens is 233 g/mol. The zero-order chi connectivity index (χ0) is 13.5. The minimum atomic E-state index is -0.249. The highest BCUT2D eigenvalue weighted by atomic mass is 19.1. The van der Waals surface area contributed by atoms with Crippen molar-refractivity contribution in [3.63, 3.8) is 0 Å². The number of ether oxygens (including phenoxy) is 2. The Hall–Kier alpha value is -1.13. The predicted molar refractivity (Wildman–Crippen MR) is 70.5 cm³/mol. The summed E-state index contributed by atoms with van der Waals surface area (Å²) in [6, 6.07) is 5.10. The van der Waals surface area contributed by atoms with Crippen LogP contribution in [0.25, 0.3) is 0 Å². The lowest BCUT2D eigenvalue weighted by Crippen LogP contribution is -2.34. The first-order valence-electron chi connectivity index (χ1n) is 6.20. The van der Waals surface area contributed by atoms with Gasteiger partial charge < -0.3 is 14.8 Å². The molecule has 0 saturated heterocycles. The average molecular weight is 255 g/mol. The standard InChI is InChI=1S/C14H22FNO2/c1-5-11(9-17-3)16-10(2)13-7-6-12(18-4)8-14(13)15/h6-8,10-11,16H,5,9H2,1-4H3. The van der Waals surface area contributed by atoms with E-state index in [2.05, 4.69) is 12.2 Å². The normalized spacial score (nSPS) is 14.3. The van der Waals surface area contributed by atoms with Crippen LogP contribution in [0, 0.1) is 5.82 Å². The molecule has 2 unspecified atom stereocenters. The predicted octanol–water partition coefficient (Wildman–Crippen LogP) is 2.91. The molecule has 18 heavy (non-hydrogen) atoms. The van der Waals surface area contributed by atoms with Crippen molar-refractivity contribution in [3.8, 4) is 5.75 Å². The summed E-state index contributed by atoms with van der Waals surface area (Å²) in [5, 5.41) is 3.36. The van der Waals surface area contributed by atoms with Gasteiger partial charge in [-0.05, 0) is 19.4 Å². The van der Waals surface area contributed by atoms with Gasteiger partial charge in [-0.1, -0.05) is 13.0 Å². The van der Waals surface area contributed by atoms with Crippen LogP contribution in [0.15, 0.2) is 18.2 Å². The van der Waals surface area contributed by atoms with Gasteiger partial charge in [0, 0.05) is 30.8 Å². The molecule has 0 fully saturated rings. The van der Waals surface area contributed by atoms with Gasteiger partial charge in [-0.3, -0.25) is 0 Å². The van der Waals surface area contributed by atoms with Gasteiger partial charge in [-0.2, -0.15) is 0 Å². The van der Waals surface area contributed by atoms with E-state index in [9.17, 15) is 4.39 Å². The van der Waals surface area contributed by atoms with Crippen molar-refractivity contribution in [1.29, 1.82) is 0 Å². The molecule has 0 radical (unpaired) electrons. The van der Waals surface area contributed by atoms with E-state index in [1.165, 1.54) is 13.2 Å². The van der Waals surface area contributed by atoms with Crippen LogP contribution >= 0.6 is 0 Å². The molecule has 1 aromatic rings. The maximum absolute atomic E-state index is 13.9. The zero-order valence-electron chi connectivity index (χ0n) is 11.5. The zero-order valence-corrected chi connectivity index (χ0v) is 11.5. The monoisotopic (exact) mass is 255 g/mol. The van der Waals surface area contributed by atoms with Crippen molar-refractivity contribution in [2.24, 2.45) is 0 Å². The second kappa shape index (κ2) is 7.34. The van der Waals surface area contributed by atoms with Crippen LogP contribution < -0.4 is 10.1 Å². The molecule has 0 heterocycles. The molecule has 0 bridgehead atoms. The SMILES string of the molecule is CCC(COC)NC(C)c1ccc(OC)cc1F. The molecule has 0 aliphatic carbocycles. The Morgan fingerprint density at radius 3 is 2.56 bits per heavy atom. The van der Waals surface area contributed by atoms with Gasteiger partial charge in [-0.25, -0.2) is 4.39 Å². The van der Waals surface area contributed by atoms with Gasteiger partial charge in [0.1, 0.15) is 11.6 Å². The van der Waals surface area contributed by atoms with Gasteiger partial charge in [0.05, 0.1) is 13.7 Å². The van der Waals surface area contributed by atoms with Crippen LogP contribution in [0.1, 0.15) is 31.9 Å². The highest BCUT2D eigenvalue weighted by molar-refractivity contribution is 5.30. The Labute approximate surface area is 108 Å². The Morgan fingerprint density at radius 2 is 2.06 bits per heavy atom.